The second-order valence-electron chi connectivity index (χ2n) is 9.99. The Bertz CT molecular complexity index is 1580. The molecule has 2 aromatic carbocycles. The van der Waals surface area contributed by atoms with Gasteiger partial charge in [-0.05, 0) is 47.0 Å². The van der Waals surface area contributed by atoms with Gasteiger partial charge in [0.15, 0.2) is 0 Å². The Morgan fingerprint density at radius 2 is 1.68 bits per heavy atom. The standard InChI is InChI=1S/C31H29BrN6OS/c32-26-12-11-24(40-26)19-34-30(39)31(14-17-38(18-15-31)29-25-13-16-33-28(25)36-21-37-29)20-35-27(22-7-3-1-4-8-22)23-9-5-2-6-10-23/h1-13,16,21H,14-15,17-20H2,(H,34,39)(H,33,36,37). The van der Waals surface area contributed by atoms with Crippen LogP contribution in [-0.2, 0) is 11.3 Å². The number of aromatic nitrogens is 3. The second-order valence-corrected chi connectivity index (χ2v) is 12.5. The lowest BCUT2D eigenvalue weighted by atomic mass is 9.77. The first-order valence-corrected chi connectivity index (χ1v) is 14.9. The number of nitrogens with one attached hydrogen (secondary N) is 2. The number of nitrogens with zero attached hydrogens (tertiary/aromatic N) is 4. The zero-order chi connectivity index (χ0) is 27.4. The highest BCUT2D eigenvalue weighted by atomic mass is 79.9. The summed E-state index contributed by atoms with van der Waals surface area (Å²) in [6.45, 7) is 2.32. The van der Waals surface area contributed by atoms with Crippen molar-refractivity contribution in [2.75, 3.05) is 24.5 Å². The fraction of sp³-hybridized carbons (Fsp3) is 0.226. The normalized spacial score (nSPS) is 14.7. The van der Waals surface area contributed by atoms with Crippen LogP contribution in [0.15, 0.2) is 100 Å². The highest BCUT2D eigenvalue weighted by molar-refractivity contribution is 9.11. The molecule has 1 amide bonds. The van der Waals surface area contributed by atoms with E-state index in [0.717, 1.165) is 42.4 Å². The van der Waals surface area contributed by atoms with Crippen LogP contribution in [0, 0.1) is 5.41 Å². The quantitative estimate of drug-likeness (QED) is 0.204. The van der Waals surface area contributed by atoms with Crippen molar-refractivity contribution in [2.45, 2.75) is 19.4 Å². The number of hydrogen-bond acceptors (Lipinski definition) is 6. The van der Waals surface area contributed by atoms with E-state index >= 15 is 0 Å². The zero-order valence-electron chi connectivity index (χ0n) is 21.9. The summed E-state index contributed by atoms with van der Waals surface area (Å²) in [6.07, 6.45) is 4.82. The third-order valence-electron chi connectivity index (χ3n) is 7.52. The lowest BCUT2D eigenvalue weighted by Gasteiger charge is -2.40. The van der Waals surface area contributed by atoms with Gasteiger partial charge in [-0.15, -0.1) is 11.3 Å². The van der Waals surface area contributed by atoms with Crippen LogP contribution in [0.2, 0.25) is 0 Å². The molecule has 4 heterocycles. The Balaban J connectivity index is 1.30. The molecule has 7 nitrogen and oxygen atoms in total. The summed E-state index contributed by atoms with van der Waals surface area (Å²) in [5.74, 6) is 0.955. The van der Waals surface area contributed by atoms with Gasteiger partial charge in [-0.3, -0.25) is 9.79 Å². The molecule has 0 bridgehead atoms. The molecule has 3 aromatic heterocycles. The maximum atomic E-state index is 14.0. The molecule has 40 heavy (non-hydrogen) atoms. The van der Waals surface area contributed by atoms with Crippen molar-refractivity contribution in [1.29, 1.82) is 0 Å². The van der Waals surface area contributed by atoms with Gasteiger partial charge < -0.3 is 15.2 Å². The molecule has 0 unspecified atom stereocenters. The summed E-state index contributed by atoms with van der Waals surface area (Å²) >= 11 is 5.16. The van der Waals surface area contributed by atoms with Crippen LogP contribution in [0.1, 0.15) is 28.8 Å². The maximum absolute atomic E-state index is 14.0. The minimum Gasteiger partial charge on any atom is -0.356 e. The molecule has 1 fully saturated rings. The van der Waals surface area contributed by atoms with Gasteiger partial charge in [0, 0.05) is 35.3 Å². The number of aromatic amines is 1. The molecule has 0 atom stereocenters. The number of H-pyrrole nitrogens is 1. The Labute approximate surface area is 245 Å². The van der Waals surface area contributed by atoms with Gasteiger partial charge in [-0.1, -0.05) is 60.7 Å². The Morgan fingerprint density at radius 3 is 2.33 bits per heavy atom. The Hall–Kier alpha value is -3.82. The van der Waals surface area contributed by atoms with E-state index in [-0.39, 0.29) is 5.91 Å². The fourth-order valence-electron chi connectivity index (χ4n) is 5.29. The van der Waals surface area contributed by atoms with E-state index in [0.29, 0.717) is 39.0 Å². The number of aliphatic imine (C=N–C) groups is 1. The molecule has 0 saturated carbocycles. The molecule has 6 rings (SSSR count). The summed E-state index contributed by atoms with van der Waals surface area (Å²) in [4.78, 5) is 34.6. The van der Waals surface area contributed by atoms with E-state index in [4.69, 9.17) is 4.99 Å². The van der Waals surface area contributed by atoms with E-state index in [1.54, 1.807) is 17.7 Å². The number of piperidine rings is 1. The van der Waals surface area contributed by atoms with Crippen molar-refractivity contribution in [2.24, 2.45) is 10.4 Å². The summed E-state index contributed by atoms with van der Waals surface area (Å²) in [6, 6.07) is 26.5. The molecule has 0 spiro atoms. The number of thiophene rings is 1. The predicted molar refractivity (Wildman–Crippen MR) is 165 cm³/mol. The summed E-state index contributed by atoms with van der Waals surface area (Å²) in [7, 11) is 0. The second kappa shape index (κ2) is 11.7. The largest absolute Gasteiger partial charge is 0.356 e. The number of anilines is 1. The molecule has 5 aromatic rings. The van der Waals surface area contributed by atoms with Crippen LogP contribution in [0.25, 0.3) is 11.0 Å². The number of carbonyl (C=O) groups is 1. The van der Waals surface area contributed by atoms with Gasteiger partial charge in [-0.2, -0.15) is 0 Å². The number of amides is 1. The molecular weight excluding hydrogens is 584 g/mol. The van der Waals surface area contributed by atoms with Crippen molar-refractivity contribution < 1.29 is 4.79 Å². The van der Waals surface area contributed by atoms with Crippen LogP contribution < -0.4 is 10.2 Å². The van der Waals surface area contributed by atoms with Gasteiger partial charge in [-0.25, -0.2) is 9.97 Å². The number of carbonyl (C=O) groups excluding carboxylic acids is 1. The molecule has 1 aliphatic rings. The third kappa shape index (κ3) is 5.57. The van der Waals surface area contributed by atoms with Gasteiger partial charge in [0.05, 0.1) is 33.4 Å². The maximum Gasteiger partial charge on any atom is 0.228 e. The monoisotopic (exact) mass is 612 g/mol. The highest BCUT2D eigenvalue weighted by Gasteiger charge is 2.42. The van der Waals surface area contributed by atoms with Gasteiger partial charge in [0.1, 0.15) is 17.8 Å². The van der Waals surface area contributed by atoms with E-state index in [1.165, 1.54) is 0 Å². The number of rotatable bonds is 8. The molecular formula is C31H29BrN6OS. The highest BCUT2D eigenvalue weighted by Crippen LogP contribution is 2.36. The first-order valence-electron chi connectivity index (χ1n) is 13.3. The average molecular weight is 614 g/mol. The molecule has 9 heteroatoms. The SMILES string of the molecule is O=C(NCc1ccc(Br)s1)C1(CN=C(c2ccccc2)c2ccccc2)CCN(c2ncnc3[nH]ccc23)CC1. The average Bonchev–Trinajstić information content (AvgIpc) is 3.66. The van der Waals surface area contributed by atoms with Gasteiger partial charge in [0.25, 0.3) is 0 Å². The lowest BCUT2D eigenvalue weighted by Crippen LogP contribution is -2.50. The van der Waals surface area contributed by atoms with Crippen LogP contribution in [0.3, 0.4) is 0 Å². The van der Waals surface area contributed by atoms with Crippen molar-refractivity contribution in [3.63, 3.8) is 0 Å². The zero-order valence-corrected chi connectivity index (χ0v) is 24.3. The van der Waals surface area contributed by atoms with E-state index in [9.17, 15) is 4.79 Å². The first-order chi connectivity index (χ1) is 19.6. The third-order valence-corrected chi connectivity index (χ3v) is 9.14. The van der Waals surface area contributed by atoms with Crippen molar-refractivity contribution in [1.82, 2.24) is 20.3 Å². The van der Waals surface area contributed by atoms with Crippen LogP contribution >= 0.6 is 27.3 Å². The van der Waals surface area contributed by atoms with Crippen molar-refractivity contribution in [3.05, 3.63) is 111 Å². The fourth-order valence-corrected chi connectivity index (χ4v) is 6.71. The van der Waals surface area contributed by atoms with E-state index < -0.39 is 5.41 Å². The van der Waals surface area contributed by atoms with E-state index in [1.807, 2.05) is 60.8 Å². The minimum absolute atomic E-state index is 0.0513. The van der Waals surface area contributed by atoms with E-state index in [2.05, 4.69) is 65.4 Å². The Morgan fingerprint density at radius 1 is 0.975 bits per heavy atom. The summed E-state index contributed by atoms with van der Waals surface area (Å²) in [5.41, 5.74) is 3.18. The molecule has 0 aliphatic carbocycles. The topological polar surface area (TPSA) is 86.3 Å². The number of hydrogen-bond donors (Lipinski definition) is 2. The van der Waals surface area contributed by atoms with Crippen molar-refractivity contribution >= 4 is 55.7 Å². The first kappa shape index (κ1) is 26.4. The Kier molecular flexibility index (Phi) is 7.75. The number of halogens is 1. The molecule has 1 aliphatic heterocycles. The van der Waals surface area contributed by atoms with Crippen LogP contribution in [0.5, 0.6) is 0 Å². The minimum atomic E-state index is -0.635. The van der Waals surface area contributed by atoms with Gasteiger partial charge >= 0.3 is 0 Å². The van der Waals surface area contributed by atoms with Crippen molar-refractivity contribution in [3.8, 4) is 0 Å². The molecule has 202 valence electrons. The predicted octanol–water partition coefficient (Wildman–Crippen LogP) is 6.22. The molecule has 1 saturated heterocycles. The molecule has 0 radical (unpaired) electrons. The smallest absolute Gasteiger partial charge is 0.228 e. The van der Waals surface area contributed by atoms with Gasteiger partial charge in [0.2, 0.25) is 5.91 Å². The number of benzene rings is 2. The summed E-state index contributed by atoms with van der Waals surface area (Å²) in [5, 5.41) is 4.23. The molecule has 2 N–H and O–H groups in total. The van der Waals surface area contributed by atoms with Crippen LogP contribution in [0.4, 0.5) is 5.82 Å². The number of fused-ring (bicyclic) bond motifs is 1. The van der Waals surface area contributed by atoms with Crippen LogP contribution in [-0.4, -0.2) is 46.2 Å². The summed E-state index contributed by atoms with van der Waals surface area (Å²) < 4.78 is 1.06. The lowest BCUT2D eigenvalue weighted by molar-refractivity contribution is -0.131.